The lowest BCUT2D eigenvalue weighted by Crippen LogP contribution is -2.32. The number of nitrogen functional groups attached to an aromatic ring is 1. The lowest BCUT2D eigenvalue weighted by molar-refractivity contribution is 0.0984. The van der Waals surface area contributed by atoms with Crippen molar-refractivity contribution in [1.29, 1.82) is 0 Å². The van der Waals surface area contributed by atoms with Gasteiger partial charge < -0.3 is 10.3 Å². The van der Waals surface area contributed by atoms with E-state index in [1.807, 2.05) is 0 Å². The number of nitrogens with one attached hydrogen (secondary N) is 1. The summed E-state index contributed by atoms with van der Waals surface area (Å²) in [4.78, 5) is 18.0. The van der Waals surface area contributed by atoms with Gasteiger partial charge in [0.1, 0.15) is 17.3 Å². The standard InChI is InChI=1S/C14H14ClFN4O/c1-2-20(10-5-3-4-9(16)8-10)14(21)13-11(15)6-7-12(18-13)19-17/h3-8H,2,17H2,1H3,(H,18,19). The summed E-state index contributed by atoms with van der Waals surface area (Å²) in [5.41, 5.74) is 2.85. The molecular formula is C14H14ClFN4O. The van der Waals surface area contributed by atoms with Crippen LogP contribution in [0.1, 0.15) is 17.4 Å². The smallest absolute Gasteiger partial charge is 0.278 e. The van der Waals surface area contributed by atoms with Gasteiger partial charge in [-0.3, -0.25) is 4.79 Å². The van der Waals surface area contributed by atoms with Crippen LogP contribution >= 0.6 is 11.6 Å². The number of nitrogens with zero attached hydrogens (tertiary/aromatic N) is 2. The third-order valence-corrected chi connectivity index (χ3v) is 3.18. The number of nitrogens with two attached hydrogens (primary N) is 1. The van der Waals surface area contributed by atoms with Crippen molar-refractivity contribution in [2.24, 2.45) is 5.84 Å². The van der Waals surface area contributed by atoms with Gasteiger partial charge in [-0.25, -0.2) is 15.2 Å². The summed E-state index contributed by atoms with van der Waals surface area (Å²) in [5.74, 6) is 4.75. The van der Waals surface area contributed by atoms with Crippen LogP contribution in [0.5, 0.6) is 0 Å². The molecule has 0 bridgehead atoms. The zero-order valence-electron chi connectivity index (χ0n) is 11.3. The number of aromatic nitrogens is 1. The lowest BCUT2D eigenvalue weighted by Gasteiger charge is -2.21. The van der Waals surface area contributed by atoms with Crippen LogP contribution < -0.4 is 16.2 Å². The topological polar surface area (TPSA) is 71.2 Å². The number of rotatable bonds is 4. The molecule has 110 valence electrons. The average molecular weight is 309 g/mol. The normalized spacial score (nSPS) is 10.3. The number of halogens is 2. The fourth-order valence-electron chi connectivity index (χ4n) is 1.89. The van der Waals surface area contributed by atoms with Crippen molar-refractivity contribution in [3.8, 4) is 0 Å². The van der Waals surface area contributed by atoms with Gasteiger partial charge in [0.15, 0.2) is 0 Å². The van der Waals surface area contributed by atoms with Crippen LogP contribution in [-0.4, -0.2) is 17.4 Å². The Hall–Kier alpha value is -2.18. The van der Waals surface area contributed by atoms with Crippen LogP contribution in [0.2, 0.25) is 5.02 Å². The highest BCUT2D eigenvalue weighted by Crippen LogP contribution is 2.22. The maximum atomic E-state index is 13.3. The molecule has 1 heterocycles. The Bertz CT molecular complexity index is 665. The second-order valence-electron chi connectivity index (χ2n) is 4.20. The zero-order chi connectivity index (χ0) is 15.4. The van der Waals surface area contributed by atoms with Crippen molar-refractivity contribution in [2.45, 2.75) is 6.92 Å². The monoisotopic (exact) mass is 308 g/mol. The second-order valence-corrected chi connectivity index (χ2v) is 4.61. The third kappa shape index (κ3) is 3.29. The summed E-state index contributed by atoms with van der Waals surface area (Å²) in [6.07, 6.45) is 0. The fourth-order valence-corrected chi connectivity index (χ4v) is 2.07. The Morgan fingerprint density at radius 2 is 2.19 bits per heavy atom. The van der Waals surface area contributed by atoms with Crippen molar-refractivity contribution < 1.29 is 9.18 Å². The Kier molecular flexibility index (Phi) is 4.72. The number of hydrazine groups is 1. The minimum absolute atomic E-state index is 0.0539. The van der Waals surface area contributed by atoms with Gasteiger partial charge in [-0.15, -0.1) is 0 Å². The van der Waals surface area contributed by atoms with Crippen molar-refractivity contribution in [1.82, 2.24) is 4.98 Å². The molecule has 7 heteroatoms. The highest BCUT2D eigenvalue weighted by Gasteiger charge is 2.21. The Balaban J connectivity index is 2.41. The summed E-state index contributed by atoms with van der Waals surface area (Å²) < 4.78 is 13.3. The molecule has 0 unspecified atom stereocenters. The van der Waals surface area contributed by atoms with Gasteiger partial charge in [-0.2, -0.15) is 0 Å². The summed E-state index contributed by atoms with van der Waals surface area (Å²) in [7, 11) is 0. The highest BCUT2D eigenvalue weighted by molar-refractivity contribution is 6.34. The molecular weight excluding hydrogens is 295 g/mol. The van der Waals surface area contributed by atoms with Gasteiger partial charge in [0.2, 0.25) is 0 Å². The summed E-state index contributed by atoms with van der Waals surface area (Å²) in [5, 5.41) is 0.203. The molecule has 1 aromatic carbocycles. The van der Waals surface area contributed by atoms with Gasteiger partial charge in [0, 0.05) is 12.2 Å². The molecule has 21 heavy (non-hydrogen) atoms. The van der Waals surface area contributed by atoms with Crippen LogP contribution in [0.4, 0.5) is 15.9 Å². The van der Waals surface area contributed by atoms with E-state index in [1.165, 1.54) is 29.2 Å². The second kappa shape index (κ2) is 6.51. The van der Waals surface area contributed by atoms with E-state index in [0.717, 1.165) is 0 Å². The molecule has 0 aliphatic carbocycles. The third-order valence-electron chi connectivity index (χ3n) is 2.88. The largest absolute Gasteiger partial charge is 0.308 e. The van der Waals surface area contributed by atoms with Crippen LogP contribution in [0.15, 0.2) is 36.4 Å². The molecule has 2 rings (SSSR count). The predicted molar refractivity (Wildman–Crippen MR) is 80.8 cm³/mol. The summed E-state index contributed by atoms with van der Waals surface area (Å²) >= 11 is 6.02. The number of pyridine rings is 1. The Morgan fingerprint density at radius 3 is 2.81 bits per heavy atom. The van der Waals surface area contributed by atoms with Crippen molar-refractivity contribution in [3.05, 3.63) is 52.9 Å². The number of benzene rings is 1. The molecule has 0 radical (unpaired) electrons. The molecule has 5 nitrogen and oxygen atoms in total. The van der Waals surface area contributed by atoms with E-state index < -0.39 is 11.7 Å². The maximum absolute atomic E-state index is 13.3. The number of hydrogen-bond donors (Lipinski definition) is 2. The lowest BCUT2D eigenvalue weighted by atomic mass is 10.2. The molecule has 1 aromatic heterocycles. The van der Waals surface area contributed by atoms with Crippen LogP contribution in [0.25, 0.3) is 0 Å². The first-order valence-corrected chi connectivity index (χ1v) is 6.65. The van der Waals surface area contributed by atoms with E-state index in [0.29, 0.717) is 18.1 Å². The first kappa shape index (κ1) is 15.2. The van der Waals surface area contributed by atoms with Gasteiger partial charge in [0.25, 0.3) is 5.91 Å². The van der Waals surface area contributed by atoms with Crippen LogP contribution in [0.3, 0.4) is 0 Å². The molecule has 2 aromatic rings. The van der Waals surface area contributed by atoms with E-state index in [-0.39, 0.29) is 10.7 Å². The number of anilines is 2. The predicted octanol–water partition coefficient (Wildman–Crippen LogP) is 2.83. The van der Waals surface area contributed by atoms with Gasteiger partial charge in [-0.05, 0) is 37.3 Å². The van der Waals surface area contributed by atoms with E-state index in [9.17, 15) is 9.18 Å². The SMILES string of the molecule is CCN(C(=O)c1nc(NN)ccc1Cl)c1cccc(F)c1. The quantitative estimate of drug-likeness (QED) is 0.673. The van der Waals surface area contributed by atoms with E-state index in [4.69, 9.17) is 17.4 Å². The van der Waals surface area contributed by atoms with E-state index in [1.54, 1.807) is 19.1 Å². The molecule has 0 spiro atoms. The van der Waals surface area contributed by atoms with E-state index >= 15 is 0 Å². The molecule has 0 atom stereocenters. The van der Waals surface area contributed by atoms with Gasteiger partial charge >= 0.3 is 0 Å². The number of hydrogen-bond acceptors (Lipinski definition) is 4. The molecule has 0 aliphatic heterocycles. The van der Waals surface area contributed by atoms with Crippen molar-refractivity contribution in [2.75, 3.05) is 16.9 Å². The van der Waals surface area contributed by atoms with Crippen molar-refractivity contribution >= 4 is 29.0 Å². The van der Waals surface area contributed by atoms with E-state index in [2.05, 4.69) is 10.4 Å². The van der Waals surface area contributed by atoms with Crippen molar-refractivity contribution in [3.63, 3.8) is 0 Å². The summed E-state index contributed by atoms with van der Waals surface area (Å²) in [6.45, 7) is 2.13. The van der Waals surface area contributed by atoms with Crippen LogP contribution in [-0.2, 0) is 0 Å². The minimum Gasteiger partial charge on any atom is -0.308 e. The van der Waals surface area contributed by atoms with Gasteiger partial charge in [-0.1, -0.05) is 17.7 Å². The Labute approximate surface area is 126 Å². The molecule has 1 amide bonds. The first-order valence-electron chi connectivity index (χ1n) is 6.27. The number of carbonyl (C=O) groups is 1. The Morgan fingerprint density at radius 1 is 1.43 bits per heavy atom. The number of amides is 1. The fraction of sp³-hybridized carbons (Fsp3) is 0.143. The number of carbonyl (C=O) groups excluding carboxylic acids is 1. The minimum atomic E-state index is -0.426. The molecule has 0 saturated carbocycles. The summed E-state index contributed by atoms with van der Waals surface area (Å²) in [6, 6.07) is 8.84. The molecule has 0 saturated heterocycles. The maximum Gasteiger partial charge on any atom is 0.278 e. The average Bonchev–Trinajstić information content (AvgIpc) is 2.48. The van der Waals surface area contributed by atoms with Crippen LogP contribution in [0, 0.1) is 5.82 Å². The zero-order valence-corrected chi connectivity index (χ0v) is 12.1. The molecule has 0 fully saturated rings. The van der Waals surface area contributed by atoms with Gasteiger partial charge in [0.05, 0.1) is 5.02 Å². The first-order chi connectivity index (χ1) is 10.1. The highest BCUT2D eigenvalue weighted by atomic mass is 35.5. The molecule has 0 aliphatic rings. The molecule has 3 N–H and O–H groups in total.